The molecule has 0 fully saturated rings. The Morgan fingerprint density at radius 3 is 2.46 bits per heavy atom. The minimum Gasteiger partial charge on any atom is -0.453 e. The van der Waals surface area contributed by atoms with Crippen LogP contribution in [0.2, 0.25) is 0 Å². The second kappa shape index (κ2) is 7.51. The maximum atomic E-state index is 12.0. The zero-order valence-corrected chi connectivity index (χ0v) is 14.8. The highest BCUT2D eigenvalue weighted by molar-refractivity contribution is 9.10. The largest absolute Gasteiger partial charge is 0.453 e. The maximum absolute atomic E-state index is 12.0. The molecule has 4 nitrogen and oxygen atoms in total. The number of Topliss-reactive ketones (excluding diaryl/α,β-unsaturated/α-hetero) is 1. The van der Waals surface area contributed by atoms with E-state index in [0.717, 1.165) is 15.0 Å². The van der Waals surface area contributed by atoms with Gasteiger partial charge in [-0.15, -0.1) is 11.3 Å². The van der Waals surface area contributed by atoms with Crippen LogP contribution in [0.5, 0.6) is 0 Å². The third kappa shape index (κ3) is 3.96. The van der Waals surface area contributed by atoms with Crippen molar-refractivity contribution in [2.45, 2.75) is 0 Å². The lowest BCUT2D eigenvalue weighted by atomic mass is 10.1. The van der Waals surface area contributed by atoms with Gasteiger partial charge >= 0.3 is 5.97 Å². The van der Waals surface area contributed by atoms with Gasteiger partial charge in [-0.2, -0.15) is 0 Å². The zero-order valence-electron chi connectivity index (χ0n) is 12.4. The summed E-state index contributed by atoms with van der Waals surface area (Å²) in [6, 6.07) is 16.5. The summed E-state index contributed by atoms with van der Waals surface area (Å²) in [5.41, 5.74) is 1.64. The molecule has 0 unspecified atom stereocenters. The summed E-state index contributed by atoms with van der Waals surface area (Å²) < 4.78 is 5.95. The number of rotatable bonds is 5. The predicted molar refractivity (Wildman–Crippen MR) is 96.3 cm³/mol. The Bertz CT molecular complexity index is 859. The molecule has 3 rings (SSSR count). The van der Waals surface area contributed by atoms with Gasteiger partial charge in [0.2, 0.25) is 0 Å². The smallest absolute Gasteiger partial charge is 0.358 e. The van der Waals surface area contributed by atoms with E-state index in [9.17, 15) is 9.59 Å². The van der Waals surface area contributed by atoms with E-state index in [-0.39, 0.29) is 18.1 Å². The Labute approximate surface area is 151 Å². The van der Waals surface area contributed by atoms with Gasteiger partial charge in [0, 0.05) is 21.0 Å². The number of hydrogen-bond acceptors (Lipinski definition) is 5. The van der Waals surface area contributed by atoms with E-state index in [1.807, 2.05) is 30.3 Å². The Hall–Kier alpha value is -2.31. The van der Waals surface area contributed by atoms with Gasteiger partial charge < -0.3 is 4.74 Å². The van der Waals surface area contributed by atoms with Crippen molar-refractivity contribution in [1.82, 2.24) is 4.98 Å². The minimum atomic E-state index is -0.598. The molecular formula is C18H12BrNO3S. The number of hydrogen-bond donors (Lipinski definition) is 0. The van der Waals surface area contributed by atoms with Gasteiger partial charge in [0.05, 0.1) is 0 Å². The Kier molecular flexibility index (Phi) is 5.17. The molecule has 0 amide bonds. The molecule has 2 aromatic carbocycles. The van der Waals surface area contributed by atoms with Gasteiger partial charge in [-0.25, -0.2) is 9.78 Å². The number of carbonyl (C=O) groups excluding carboxylic acids is 2. The van der Waals surface area contributed by atoms with Gasteiger partial charge in [0.25, 0.3) is 0 Å². The molecule has 0 spiro atoms. The molecule has 0 N–H and O–H groups in total. The number of esters is 1. The second-order valence-electron chi connectivity index (χ2n) is 4.91. The van der Waals surface area contributed by atoms with Gasteiger partial charge in [0.15, 0.2) is 18.1 Å². The Balaban J connectivity index is 1.62. The van der Waals surface area contributed by atoms with Crippen LogP contribution in [0.4, 0.5) is 0 Å². The summed E-state index contributed by atoms with van der Waals surface area (Å²) in [6.45, 7) is -0.307. The van der Waals surface area contributed by atoms with E-state index in [0.29, 0.717) is 5.56 Å². The van der Waals surface area contributed by atoms with Gasteiger partial charge in [-0.05, 0) is 12.1 Å². The summed E-state index contributed by atoms with van der Waals surface area (Å²) in [6.07, 6.45) is 0. The number of thiazole rings is 1. The molecule has 120 valence electrons. The fourth-order valence-corrected chi connectivity index (χ4v) is 3.06. The first-order chi connectivity index (χ1) is 11.6. The van der Waals surface area contributed by atoms with Crippen LogP contribution >= 0.6 is 27.3 Å². The van der Waals surface area contributed by atoms with E-state index in [2.05, 4.69) is 20.9 Å². The van der Waals surface area contributed by atoms with Crippen molar-refractivity contribution in [2.75, 3.05) is 6.61 Å². The predicted octanol–water partition coefficient (Wildman–Crippen LogP) is 4.61. The first-order valence-electron chi connectivity index (χ1n) is 7.10. The number of nitrogens with zero attached hydrogens (tertiary/aromatic N) is 1. The molecule has 0 aliphatic heterocycles. The van der Waals surface area contributed by atoms with Crippen molar-refractivity contribution in [1.29, 1.82) is 0 Å². The Morgan fingerprint density at radius 1 is 1.04 bits per heavy atom. The molecule has 0 radical (unpaired) electrons. The van der Waals surface area contributed by atoms with Crippen LogP contribution < -0.4 is 0 Å². The SMILES string of the molecule is O=C(COC(=O)c1csc(-c2ccccc2)n1)c1ccc(Br)cc1. The molecule has 0 atom stereocenters. The minimum absolute atomic E-state index is 0.211. The number of aromatic nitrogens is 1. The molecule has 0 saturated heterocycles. The highest BCUT2D eigenvalue weighted by atomic mass is 79.9. The normalized spacial score (nSPS) is 10.4. The summed E-state index contributed by atoms with van der Waals surface area (Å²) in [5.74, 6) is -0.853. The fourth-order valence-electron chi connectivity index (χ4n) is 2.00. The molecule has 0 bridgehead atoms. The quantitative estimate of drug-likeness (QED) is 0.462. The van der Waals surface area contributed by atoms with Gasteiger partial charge in [-0.3, -0.25) is 4.79 Å². The molecule has 3 aromatic rings. The molecule has 1 aromatic heterocycles. The lowest BCUT2D eigenvalue weighted by Gasteiger charge is -2.03. The first kappa shape index (κ1) is 16.5. The van der Waals surface area contributed by atoms with Crippen molar-refractivity contribution in [2.24, 2.45) is 0 Å². The lowest BCUT2D eigenvalue weighted by Crippen LogP contribution is -2.14. The second-order valence-corrected chi connectivity index (χ2v) is 6.68. The number of carbonyl (C=O) groups is 2. The molecule has 0 aliphatic rings. The molecule has 24 heavy (non-hydrogen) atoms. The highest BCUT2D eigenvalue weighted by Gasteiger charge is 2.15. The standard InChI is InChI=1S/C18H12BrNO3S/c19-14-8-6-12(7-9-14)16(21)10-23-18(22)15-11-24-17(20-15)13-4-2-1-3-5-13/h1-9,11H,10H2. The van der Waals surface area contributed by atoms with Crippen molar-refractivity contribution in [3.8, 4) is 10.6 Å². The van der Waals surface area contributed by atoms with Gasteiger partial charge in [0.1, 0.15) is 5.01 Å². The van der Waals surface area contributed by atoms with Crippen molar-refractivity contribution in [3.63, 3.8) is 0 Å². The lowest BCUT2D eigenvalue weighted by molar-refractivity contribution is 0.0470. The Morgan fingerprint density at radius 2 is 1.75 bits per heavy atom. The van der Waals surface area contributed by atoms with Crippen LogP contribution in [0.15, 0.2) is 64.5 Å². The average Bonchev–Trinajstić information content (AvgIpc) is 3.11. The van der Waals surface area contributed by atoms with Crippen LogP contribution in [0, 0.1) is 0 Å². The van der Waals surface area contributed by atoms with E-state index in [1.165, 1.54) is 11.3 Å². The van der Waals surface area contributed by atoms with Crippen LogP contribution in [0.1, 0.15) is 20.8 Å². The summed E-state index contributed by atoms with van der Waals surface area (Å²) >= 11 is 4.67. The van der Waals surface area contributed by atoms with Crippen molar-refractivity contribution < 1.29 is 14.3 Å². The third-order valence-electron chi connectivity index (χ3n) is 3.23. The van der Waals surface area contributed by atoms with Crippen LogP contribution in [0.3, 0.4) is 0 Å². The van der Waals surface area contributed by atoms with E-state index in [4.69, 9.17) is 4.74 Å². The van der Waals surface area contributed by atoms with Crippen LogP contribution in [0.25, 0.3) is 10.6 Å². The number of ether oxygens (including phenoxy) is 1. The van der Waals surface area contributed by atoms with Crippen molar-refractivity contribution >= 4 is 39.0 Å². The van der Waals surface area contributed by atoms with E-state index in [1.54, 1.807) is 29.6 Å². The molecule has 0 saturated carbocycles. The van der Waals surface area contributed by atoms with Crippen LogP contribution in [-0.4, -0.2) is 23.3 Å². The third-order valence-corrected chi connectivity index (χ3v) is 4.65. The van der Waals surface area contributed by atoms with E-state index >= 15 is 0 Å². The molecule has 0 aliphatic carbocycles. The molecule has 1 heterocycles. The number of benzene rings is 2. The summed E-state index contributed by atoms with van der Waals surface area (Å²) in [4.78, 5) is 28.3. The number of halogens is 1. The van der Waals surface area contributed by atoms with Crippen molar-refractivity contribution in [3.05, 3.63) is 75.7 Å². The first-order valence-corrected chi connectivity index (χ1v) is 8.77. The number of ketones is 1. The topological polar surface area (TPSA) is 56.3 Å². The zero-order chi connectivity index (χ0) is 16.9. The highest BCUT2D eigenvalue weighted by Crippen LogP contribution is 2.23. The average molecular weight is 402 g/mol. The summed E-state index contributed by atoms with van der Waals surface area (Å²) in [7, 11) is 0. The summed E-state index contributed by atoms with van der Waals surface area (Å²) in [5, 5.41) is 2.37. The molecular weight excluding hydrogens is 390 g/mol. The molecule has 6 heteroatoms. The van der Waals surface area contributed by atoms with Crippen LogP contribution in [-0.2, 0) is 4.74 Å². The van der Waals surface area contributed by atoms with Gasteiger partial charge in [-0.1, -0.05) is 58.4 Å². The monoisotopic (exact) mass is 401 g/mol. The van der Waals surface area contributed by atoms with E-state index < -0.39 is 5.97 Å². The fraction of sp³-hybridized carbons (Fsp3) is 0.0556. The maximum Gasteiger partial charge on any atom is 0.358 e.